The Morgan fingerprint density at radius 1 is 1.58 bits per heavy atom. The second-order valence-corrected chi connectivity index (χ2v) is 6.10. The van der Waals surface area contributed by atoms with E-state index in [0.717, 1.165) is 13.6 Å². The van der Waals surface area contributed by atoms with Gasteiger partial charge in [0.15, 0.2) is 5.82 Å². The van der Waals surface area contributed by atoms with Crippen LogP contribution in [0.1, 0.15) is 19.4 Å². The number of carbonyl (C=O) groups is 1. The number of halogens is 2. The maximum atomic E-state index is 10.8. The molecule has 2 aromatic rings. The summed E-state index contributed by atoms with van der Waals surface area (Å²) in [4.78, 5) is 10.8. The first-order valence-electron chi connectivity index (χ1n) is 5.44. The van der Waals surface area contributed by atoms with Crippen LogP contribution in [0.4, 0.5) is 0 Å². The third kappa shape index (κ3) is 3.30. The number of carboxylic acid groups (broad SMARTS) is 1. The molecule has 0 amide bonds. The van der Waals surface area contributed by atoms with Gasteiger partial charge in [-0.15, -0.1) is 5.10 Å². The van der Waals surface area contributed by atoms with Gasteiger partial charge in [-0.3, -0.25) is 4.79 Å². The van der Waals surface area contributed by atoms with Crippen molar-refractivity contribution < 1.29 is 9.90 Å². The summed E-state index contributed by atoms with van der Waals surface area (Å²) in [6.45, 7) is 1.78. The highest BCUT2D eigenvalue weighted by Crippen LogP contribution is 2.28. The summed E-state index contributed by atoms with van der Waals surface area (Å²) in [5.41, 5.74) is 0.872. The number of rotatable bonds is 4. The molecule has 1 aromatic carbocycles. The van der Waals surface area contributed by atoms with Gasteiger partial charge < -0.3 is 5.11 Å². The Morgan fingerprint density at radius 3 is 3.00 bits per heavy atom. The molecule has 0 radical (unpaired) electrons. The van der Waals surface area contributed by atoms with Crippen molar-refractivity contribution in [3.8, 4) is 11.4 Å². The van der Waals surface area contributed by atoms with Crippen LogP contribution in [-0.2, 0) is 4.79 Å². The van der Waals surface area contributed by atoms with E-state index in [1.54, 1.807) is 6.92 Å². The van der Waals surface area contributed by atoms with E-state index in [0.29, 0.717) is 5.82 Å². The number of aliphatic carboxylic acids is 1. The average molecular weight is 437 g/mol. The SMILES string of the molecule is CC(CC(=O)O)n1nnnc1-c1cc(Br)ccc1I. The Kier molecular flexibility index (Phi) is 4.50. The topological polar surface area (TPSA) is 80.9 Å². The summed E-state index contributed by atoms with van der Waals surface area (Å²) in [6.07, 6.45) is -0.0252. The lowest BCUT2D eigenvalue weighted by Crippen LogP contribution is -2.13. The van der Waals surface area contributed by atoms with Gasteiger partial charge >= 0.3 is 5.97 Å². The van der Waals surface area contributed by atoms with E-state index >= 15 is 0 Å². The van der Waals surface area contributed by atoms with Crippen molar-refractivity contribution in [3.63, 3.8) is 0 Å². The predicted octanol–water partition coefficient (Wildman–Crippen LogP) is 2.74. The smallest absolute Gasteiger partial charge is 0.305 e. The van der Waals surface area contributed by atoms with Crippen molar-refractivity contribution in [3.05, 3.63) is 26.2 Å². The molecular weight excluding hydrogens is 427 g/mol. The molecule has 0 aliphatic rings. The number of hydrogen-bond donors (Lipinski definition) is 1. The molecule has 0 fully saturated rings. The van der Waals surface area contributed by atoms with Crippen molar-refractivity contribution in [2.45, 2.75) is 19.4 Å². The lowest BCUT2D eigenvalue weighted by Gasteiger charge is -2.12. The molecule has 100 valence electrons. The zero-order valence-corrected chi connectivity index (χ0v) is 13.7. The molecule has 1 atom stereocenters. The van der Waals surface area contributed by atoms with E-state index in [9.17, 15) is 4.79 Å². The van der Waals surface area contributed by atoms with Crippen LogP contribution in [0.3, 0.4) is 0 Å². The summed E-state index contributed by atoms with van der Waals surface area (Å²) in [5.74, 6) is -0.308. The average Bonchev–Trinajstić information content (AvgIpc) is 2.80. The highest BCUT2D eigenvalue weighted by molar-refractivity contribution is 14.1. The zero-order chi connectivity index (χ0) is 14.0. The van der Waals surface area contributed by atoms with E-state index in [1.807, 2.05) is 18.2 Å². The maximum Gasteiger partial charge on any atom is 0.305 e. The van der Waals surface area contributed by atoms with Gasteiger partial charge in [0.1, 0.15) is 0 Å². The fourth-order valence-corrected chi connectivity index (χ4v) is 2.61. The molecule has 0 aliphatic heterocycles. The second-order valence-electron chi connectivity index (χ2n) is 4.02. The fraction of sp³-hybridized carbons (Fsp3) is 0.273. The Bertz CT molecular complexity index is 616. The third-order valence-corrected chi connectivity index (χ3v) is 3.98. The van der Waals surface area contributed by atoms with E-state index in [4.69, 9.17) is 5.11 Å². The van der Waals surface area contributed by atoms with Crippen LogP contribution < -0.4 is 0 Å². The first kappa shape index (κ1) is 14.4. The summed E-state index contributed by atoms with van der Waals surface area (Å²) in [7, 11) is 0. The molecule has 0 saturated carbocycles. The van der Waals surface area contributed by atoms with Gasteiger partial charge in [0.2, 0.25) is 0 Å². The molecule has 6 nitrogen and oxygen atoms in total. The molecule has 8 heteroatoms. The highest BCUT2D eigenvalue weighted by atomic mass is 127. The van der Waals surface area contributed by atoms with Crippen LogP contribution in [0.5, 0.6) is 0 Å². The molecule has 19 heavy (non-hydrogen) atoms. The molecule has 0 spiro atoms. The van der Waals surface area contributed by atoms with E-state index in [1.165, 1.54) is 4.68 Å². The summed E-state index contributed by atoms with van der Waals surface area (Å²) in [5, 5.41) is 20.4. The van der Waals surface area contributed by atoms with Gasteiger partial charge in [-0.1, -0.05) is 15.9 Å². The maximum absolute atomic E-state index is 10.8. The number of tetrazole rings is 1. The molecule has 2 rings (SSSR count). The largest absolute Gasteiger partial charge is 0.481 e. The summed E-state index contributed by atoms with van der Waals surface area (Å²) >= 11 is 5.61. The number of aromatic nitrogens is 4. The Morgan fingerprint density at radius 2 is 2.32 bits per heavy atom. The molecule has 1 heterocycles. The van der Waals surface area contributed by atoms with Crippen LogP contribution >= 0.6 is 38.5 Å². The number of hydrogen-bond acceptors (Lipinski definition) is 4. The van der Waals surface area contributed by atoms with Crippen LogP contribution in [0, 0.1) is 3.57 Å². The minimum absolute atomic E-state index is 0.0252. The normalized spacial score (nSPS) is 12.4. The van der Waals surface area contributed by atoms with Gasteiger partial charge in [0, 0.05) is 13.6 Å². The van der Waals surface area contributed by atoms with Crippen molar-refractivity contribution in [2.24, 2.45) is 0 Å². The fourth-order valence-electron chi connectivity index (χ4n) is 1.68. The van der Waals surface area contributed by atoms with E-state index in [2.05, 4.69) is 54.0 Å². The molecule has 0 saturated heterocycles. The highest BCUT2D eigenvalue weighted by Gasteiger charge is 2.18. The lowest BCUT2D eigenvalue weighted by molar-refractivity contribution is -0.137. The third-order valence-electron chi connectivity index (χ3n) is 2.55. The number of carboxylic acids is 1. The quantitative estimate of drug-likeness (QED) is 0.745. The monoisotopic (exact) mass is 436 g/mol. The standard InChI is InChI=1S/C11H10BrIN4O2/c1-6(4-10(18)19)17-11(14-15-16-17)8-5-7(12)2-3-9(8)13/h2-3,5-6H,4H2,1H3,(H,18,19). The Labute approximate surface area is 131 Å². The minimum Gasteiger partial charge on any atom is -0.481 e. The minimum atomic E-state index is -0.877. The molecule has 0 aliphatic carbocycles. The van der Waals surface area contributed by atoms with Gasteiger partial charge in [0.25, 0.3) is 0 Å². The number of benzene rings is 1. The van der Waals surface area contributed by atoms with Crippen molar-refractivity contribution in [1.29, 1.82) is 0 Å². The first-order valence-corrected chi connectivity index (χ1v) is 7.31. The van der Waals surface area contributed by atoms with Crippen molar-refractivity contribution in [1.82, 2.24) is 20.2 Å². The molecule has 0 bridgehead atoms. The molecular formula is C11H10BrIN4O2. The number of nitrogens with zero attached hydrogens (tertiary/aromatic N) is 4. The van der Waals surface area contributed by atoms with Crippen molar-refractivity contribution >= 4 is 44.5 Å². The summed E-state index contributed by atoms with van der Waals surface area (Å²) in [6, 6.07) is 5.48. The zero-order valence-electron chi connectivity index (χ0n) is 9.92. The lowest BCUT2D eigenvalue weighted by atomic mass is 10.2. The molecule has 1 N–H and O–H groups in total. The second kappa shape index (κ2) is 5.95. The van der Waals surface area contributed by atoms with Crippen molar-refractivity contribution in [2.75, 3.05) is 0 Å². The van der Waals surface area contributed by atoms with Crippen LogP contribution in [-0.4, -0.2) is 31.3 Å². The van der Waals surface area contributed by atoms with E-state index in [-0.39, 0.29) is 12.5 Å². The van der Waals surface area contributed by atoms with Crippen LogP contribution in [0.2, 0.25) is 0 Å². The van der Waals surface area contributed by atoms with Crippen LogP contribution in [0.25, 0.3) is 11.4 Å². The van der Waals surface area contributed by atoms with Crippen LogP contribution in [0.15, 0.2) is 22.7 Å². The Balaban J connectivity index is 2.44. The van der Waals surface area contributed by atoms with Gasteiger partial charge in [-0.05, 0) is 58.1 Å². The van der Waals surface area contributed by atoms with Gasteiger partial charge in [0.05, 0.1) is 12.5 Å². The first-order chi connectivity index (χ1) is 8.99. The molecule has 1 aromatic heterocycles. The van der Waals surface area contributed by atoms with Gasteiger partial charge in [-0.25, -0.2) is 4.68 Å². The predicted molar refractivity (Wildman–Crippen MR) is 80.6 cm³/mol. The summed E-state index contributed by atoms with van der Waals surface area (Å²) < 4.78 is 3.46. The molecule has 1 unspecified atom stereocenters. The van der Waals surface area contributed by atoms with Gasteiger partial charge in [-0.2, -0.15) is 0 Å². The van der Waals surface area contributed by atoms with E-state index < -0.39 is 5.97 Å². The Hall–Kier alpha value is -1.03.